The summed E-state index contributed by atoms with van der Waals surface area (Å²) in [7, 11) is 8.08. The van der Waals surface area contributed by atoms with Crippen LogP contribution in [0.3, 0.4) is 0 Å². The standard InChI is InChI=1S/C26H30NO8/c1-27(14-22(29)32-4)11-10-18-19(13-27)24(33-5)26-25(34-15-35-26)23(18)20(28)9-7-16-6-8-17(30-2)12-21(16)31-3/h6-9,12H,10-11,13-15H2,1-5H3/q+1. The second kappa shape index (κ2) is 9.87. The highest BCUT2D eigenvalue weighted by atomic mass is 16.7. The lowest BCUT2D eigenvalue weighted by atomic mass is 9.88. The molecule has 0 amide bonds. The van der Waals surface area contributed by atoms with Crippen molar-refractivity contribution in [2.75, 3.05) is 55.4 Å². The number of hydrogen-bond donors (Lipinski definition) is 0. The van der Waals surface area contributed by atoms with Gasteiger partial charge in [0, 0.05) is 18.1 Å². The number of benzene rings is 2. The molecule has 0 radical (unpaired) electrons. The lowest BCUT2D eigenvalue weighted by Crippen LogP contribution is -2.51. The van der Waals surface area contributed by atoms with Crippen LogP contribution in [0.15, 0.2) is 24.3 Å². The molecule has 0 bridgehead atoms. The van der Waals surface area contributed by atoms with Crippen LogP contribution < -0.4 is 23.7 Å². The summed E-state index contributed by atoms with van der Waals surface area (Å²) in [6.07, 6.45) is 3.78. The number of likely N-dealkylation sites (N-methyl/N-ethyl adjacent to an activating group) is 1. The van der Waals surface area contributed by atoms with Crippen LogP contribution in [0.2, 0.25) is 0 Å². The summed E-state index contributed by atoms with van der Waals surface area (Å²) in [6, 6.07) is 5.38. The fourth-order valence-corrected chi connectivity index (χ4v) is 4.67. The number of hydrogen-bond acceptors (Lipinski definition) is 8. The van der Waals surface area contributed by atoms with Gasteiger partial charge < -0.3 is 32.9 Å². The minimum absolute atomic E-state index is 0.000824. The Morgan fingerprint density at radius 2 is 1.80 bits per heavy atom. The van der Waals surface area contributed by atoms with Gasteiger partial charge in [-0.25, -0.2) is 4.79 Å². The molecule has 2 aromatic carbocycles. The van der Waals surface area contributed by atoms with Crippen molar-refractivity contribution in [2.24, 2.45) is 0 Å². The summed E-state index contributed by atoms with van der Waals surface area (Å²) in [5.74, 6) is 2.09. The first-order valence-corrected chi connectivity index (χ1v) is 11.2. The van der Waals surface area contributed by atoms with Gasteiger partial charge in [0.15, 0.2) is 23.8 Å². The molecule has 0 aromatic heterocycles. The van der Waals surface area contributed by atoms with Gasteiger partial charge in [0.2, 0.25) is 12.5 Å². The third kappa shape index (κ3) is 4.64. The van der Waals surface area contributed by atoms with Gasteiger partial charge in [-0.1, -0.05) is 0 Å². The maximum absolute atomic E-state index is 13.5. The zero-order valence-corrected chi connectivity index (χ0v) is 20.6. The summed E-state index contributed by atoms with van der Waals surface area (Å²) in [5, 5.41) is 0. The second-order valence-corrected chi connectivity index (χ2v) is 8.72. The van der Waals surface area contributed by atoms with Crippen molar-refractivity contribution in [3.8, 4) is 28.7 Å². The van der Waals surface area contributed by atoms with E-state index in [-0.39, 0.29) is 25.1 Å². The molecule has 2 heterocycles. The number of carbonyl (C=O) groups is 2. The average molecular weight is 485 g/mol. The summed E-state index contributed by atoms with van der Waals surface area (Å²) < 4.78 is 33.2. The minimum Gasteiger partial charge on any atom is -0.497 e. The molecular weight excluding hydrogens is 454 g/mol. The Morgan fingerprint density at radius 1 is 1.03 bits per heavy atom. The SMILES string of the molecule is COC(=O)C[N+]1(C)CCc2c(c(OC)c3c(c2C(=O)C=Cc2ccc(OC)cc2OC)OCO3)C1. The van der Waals surface area contributed by atoms with Crippen molar-refractivity contribution in [1.29, 1.82) is 0 Å². The second-order valence-electron chi connectivity index (χ2n) is 8.72. The first-order chi connectivity index (χ1) is 16.8. The Balaban J connectivity index is 1.75. The van der Waals surface area contributed by atoms with Crippen LogP contribution in [0.4, 0.5) is 0 Å². The van der Waals surface area contributed by atoms with E-state index < -0.39 is 0 Å². The fourth-order valence-electron chi connectivity index (χ4n) is 4.67. The van der Waals surface area contributed by atoms with Crippen LogP contribution in [0.1, 0.15) is 27.0 Å². The molecule has 0 N–H and O–H groups in total. The topological polar surface area (TPSA) is 89.5 Å². The molecule has 0 saturated carbocycles. The molecule has 1 unspecified atom stereocenters. The predicted molar refractivity (Wildman–Crippen MR) is 127 cm³/mol. The number of ether oxygens (including phenoxy) is 6. The van der Waals surface area contributed by atoms with Crippen LogP contribution in [-0.2, 0) is 22.5 Å². The summed E-state index contributed by atoms with van der Waals surface area (Å²) >= 11 is 0. The van der Waals surface area contributed by atoms with Crippen molar-refractivity contribution in [3.05, 3.63) is 46.5 Å². The fraction of sp³-hybridized carbons (Fsp3) is 0.385. The molecule has 2 aromatic rings. The molecule has 35 heavy (non-hydrogen) atoms. The smallest absolute Gasteiger partial charge is 0.361 e. The van der Waals surface area contributed by atoms with E-state index >= 15 is 0 Å². The van der Waals surface area contributed by atoms with Gasteiger partial charge in [0.05, 0.1) is 53.2 Å². The van der Waals surface area contributed by atoms with Gasteiger partial charge in [0.25, 0.3) is 0 Å². The Morgan fingerprint density at radius 3 is 2.49 bits per heavy atom. The number of nitrogens with zero attached hydrogens (tertiary/aromatic N) is 1. The molecule has 2 aliphatic heterocycles. The van der Waals surface area contributed by atoms with Crippen LogP contribution in [-0.4, -0.2) is 71.6 Å². The number of rotatable bonds is 8. The summed E-state index contributed by atoms with van der Waals surface area (Å²) in [5.41, 5.74) is 2.89. The van der Waals surface area contributed by atoms with E-state index in [1.807, 2.05) is 13.1 Å². The van der Waals surface area contributed by atoms with E-state index in [1.54, 1.807) is 39.5 Å². The van der Waals surface area contributed by atoms with Gasteiger partial charge in [0.1, 0.15) is 18.0 Å². The van der Waals surface area contributed by atoms with Crippen molar-refractivity contribution in [2.45, 2.75) is 13.0 Å². The monoisotopic (exact) mass is 484 g/mol. The molecule has 9 heteroatoms. The molecular formula is C26H30NO8+. The molecule has 0 aliphatic carbocycles. The first kappa shape index (κ1) is 24.4. The van der Waals surface area contributed by atoms with Gasteiger partial charge in [-0.2, -0.15) is 0 Å². The predicted octanol–water partition coefficient (Wildman–Crippen LogP) is 3.01. The van der Waals surface area contributed by atoms with Crippen LogP contribution in [0, 0.1) is 0 Å². The zero-order chi connectivity index (χ0) is 25.2. The zero-order valence-electron chi connectivity index (χ0n) is 20.6. The largest absolute Gasteiger partial charge is 0.497 e. The average Bonchev–Trinajstić information content (AvgIpc) is 3.34. The Hall–Kier alpha value is -3.72. The third-order valence-corrected chi connectivity index (χ3v) is 6.47. The third-order valence-electron chi connectivity index (χ3n) is 6.47. The number of esters is 1. The molecule has 1 atom stereocenters. The van der Waals surface area contributed by atoms with Crippen molar-refractivity contribution in [1.82, 2.24) is 0 Å². The van der Waals surface area contributed by atoms with Gasteiger partial charge in [-0.05, 0) is 29.8 Å². The molecule has 9 nitrogen and oxygen atoms in total. The van der Waals surface area contributed by atoms with E-state index in [0.717, 1.165) is 16.7 Å². The quantitative estimate of drug-likeness (QED) is 0.245. The molecule has 186 valence electrons. The molecule has 4 rings (SSSR count). The molecule has 0 saturated heterocycles. The van der Waals surface area contributed by atoms with Crippen LogP contribution in [0.5, 0.6) is 28.7 Å². The highest BCUT2D eigenvalue weighted by molar-refractivity contribution is 6.11. The van der Waals surface area contributed by atoms with E-state index in [4.69, 9.17) is 28.4 Å². The Kier molecular flexibility index (Phi) is 6.88. The normalized spacial score (nSPS) is 18.2. The number of allylic oxidation sites excluding steroid dienone is 1. The summed E-state index contributed by atoms with van der Waals surface area (Å²) in [4.78, 5) is 25.6. The highest BCUT2D eigenvalue weighted by Gasteiger charge is 2.40. The minimum atomic E-state index is -0.289. The lowest BCUT2D eigenvalue weighted by Gasteiger charge is -2.38. The maximum atomic E-state index is 13.5. The number of fused-ring (bicyclic) bond motifs is 2. The van der Waals surface area contributed by atoms with Gasteiger partial charge in [-0.15, -0.1) is 0 Å². The molecule has 0 fully saturated rings. The van der Waals surface area contributed by atoms with E-state index in [2.05, 4.69) is 0 Å². The summed E-state index contributed by atoms with van der Waals surface area (Å²) in [6.45, 7) is 1.36. The van der Waals surface area contributed by atoms with Crippen molar-refractivity contribution >= 4 is 17.8 Å². The van der Waals surface area contributed by atoms with Crippen LogP contribution >= 0.6 is 0 Å². The van der Waals surface area contributed by atoms with Gasteiger partial charge in [-0.3, -0.25) is 4.79 Å². The number of ketones is 1. The Bertz CT molecular complexity index is 1190. The Labute approximate surface area is 204 Å². The van der Waals surface area contributed by atoms with E-state index in [0.29, 0.717) is 58.3 Å². The highest BCUT2D eigenvalue weighted by Crippen LogP contribution is 2.50. The van der Waals surface area contributed by atoms with E-state index in [9.17, 15) is 9.59 Å². The number of carbonyl (C=O) groups excluding carboxylic acids is 2. The number of quaternary nitrogens is 1. The van der Waals surface area contributed by atoms with Crippen LogP contribution in [0.25, 0.3) is 6.08 Å². The maximum Gasteiger partial charge on any atom is 0.361 e. The number of methoxy groups -OCH3 is 4. The van der Waals surface area contributed by atoms with E-state index in [1.165, 1.54) is 13.2 Å². The van der Waals surface area contributed by atoms with Crippen molar-refractivity contribution < 1.29 is 42.5 Å². The molecule has 2 aliphatic rings. The first-order valence-electron chi connectivity index (χ1n) is 11.2. The molecule has 0 spiro atoms. The van der Waals surface area contributed by atoms with Crippen molar-refractivity contribution in [3.63, 3.8) is 0 Å². The van der Waals surface area contributed by atoms with Gasteiger partial charge >= 0.3 is 5.97 Å². The lowest BCUT2D eigenvalue weighted by molar-refractivity contribution is -0.917.